The van der Waals surface area contributed by atoms with Crippen molar-refractivity contribution >= 4 is 17.6 Å². The van der Waals surface area contributed by atoms with E-state index < -0.39 is 5.97 Å². The zero-order valence-electron chi connectivity index (χ0n) is 17.1. The summed E-state index contributed by atoms with van der Waals surface area (Å²) in [5, 5.41) is 0.261. The van der Waals surface area contributed by atoms with Crippen molar-refractivity contribution in [2.45, 2.75) is 61.4 Å². The molecule has 0 radical (unpaired) electrons. The van der Waals surface area contributed by atoms with Gasteiger partial charge in [-0.3, -0.25) is 4.90 Å². The third kappa shape index (κ3) is 10.3. The van der Waals surface area contributed by atoms with Crippen LogP contribution in [0.2, 0.25) is 0 Å². The molecular weight excluding hydrogens is 334 g/mol. The molecule has 0 aliphatic carbocycles. The summed E-state index contributed by atoms with van der Waals surface area (Å²) in [7, 11) is 0. The van der Waals surface area contributed by atoms with Crippen LogP contribution in [0, 0.1) is 0 Å². The van der Waals surface area contributed by atoms with Gasteiger partial charge in [0.05, 0.1) is 6.61 Å². The molecule has 3 nitrogen and oxygen atoms in total. The quantitative estimate of drug-likeness (QED) is 0.479. The molecule has 0 unspecified atom stereocenters. The fraction of sp³-hybridized carbons (Fsp3) is 0.571. The Kier molecular flexibility index (Phi) is 18.1. The van der Waals surface area contributed by atoms with Gasteiger partial charge in [-0.05, 0) is 24.5 Å². The maximum Gasteiger partial charge on any atom is 0.349 e. The Labute approximate surface area is 160 Å². The Morgan fingerprint density at radius 2 is 1.64 bits per heavy atom. The standard InChI is InChI=1S/C15H18ClNO2.3C2H6/c1-2-19-15(18)14(16)13-8-9-17(11-13)10-12-6-4-3-5-7-12;3*1-2/h3-7H,2,8-11H2,1H3;3*1-2H3/b14-13+;;;. The van der Waals surface area contributed by atoms with Gasteiger partial charge in [-0.25, -0.2) is 4.79 Å². The van der Waals surface area contributed by atoms with Crippen LogP contribution in [0.15, 0.2) is 40.9 Å². The highest BCUT2D eigenvalue weighted by Crippen LogP contribution is 2.23. The lowest BCUT2D eigenvalue weighted by Crippen LogP contribution is -2.19. The lowest BCUT2D eigenvalue weighted by atomic mass is 10.2. The topological polar surface area (TPSA) is 29.5 Å². The number of rotatable bonds is 4. The molecule has 0 amide bonds. The van der Waals surface area contributed by atoms with Gasteiger partial charge in [-0.15, -0.1) is 0 Å². The molecule has 0 bridgehead atoms. The molecule has 25 heavy (non-hydrogen) atoms. The number of ether oxygens (including phenoxy) is 1. The van der Waals surface area contributed by atoms with Gasteiger partial charge in [0.25, 0.3) is 0 Å². The zero-order chi connectivity index (χ0) is 19.7. The number of hydrogen-bond acceptors (Lipinski definition) is 3. The molecule has 1 aliphatic rings. The molecule has 0 N–H and O–H groups in total. The Bertz CT molecular complexity index is 472. The third-order valence-corrected chi connectivity index (χ3v) is 3.58. The van der Waals surface area contributed by atoms with Gasteiger partial charge < -0.3 is 4.74 Å². The number of esters is 1. The van der Waals surface area contributed by atoms with Crippen molar-refractivity contribution in [2.75, 3.05) is 19.7 Å². The van der Waals surface area contributed by atoms with Crippen LogP contribution in [0.5, 0.6) is 0 Å². The first-order chi connectivity index (χ1) is 12.2. The summed E-state index contributed by atoms with van der Waals surface area (Å²) in [4.78, 5) is 13.8. The van der Waals surface area contributed by atoms with Crippen LogP contribution in [0.3, 0.4) is 0 Å². The first-order valence-electron chi connectivity index (χ1n) is 9.51. The predicted octanol–water partition coefficient (Wildman–Crippen LogP) is 6.03. The predicted molar refractivity (Wildman–Crippen MR) is 110 cm³/mol. The van der Waals surface area contributed by atoms with Crippen LogP contribution in [0.1, 0.15) is 60.5 Å². The number of carbonyl (C=O) groups excluding carboxylic acids is 1. The van der Waals surface area contributed by atoms with Gasteiger partial charge in [0.15, 0.2) is 0 Å². The van der Waals surface area contributed by atoms with Crippen LogP contribution < -0.4 is 0 Å². The largest absolute Gasteiger partial charge is 0.462 e. The molecule has 1 heterocycles. The maximum atomic E-state index is 11.6. The second-order valence-corrected chi connectivity index (χ2v) is 4.96. The second-order valence-electron chi connectivity index (χ2n) is 4.58. The molecule has 1 saturated heterocycles. The van der Waals surface area contributed by atoms with E-state index in [1.165, 1.54) is 5.56 Å². The van der Waals surface area contributed by atoms with Gasteiger partial charge >= 0.3 is 5.97 Å². The molecule has 0 aromatic heterocycles. The summed E-state index contributed by atoms with van der Waals surface area (Å²) in [6.07, 6.45) is 0.838. The fourth-order valence-corrected chi connectivity index (χ4v) is 2.42. The van der Waals surface area contributed by atoms with E-state index in [4.69, 9.17) is 16.3 Å². The maximum absolute atomic E-state index is 11.6. The molecular formula is C21H36ClNO2. The van der Waals surface area contributed by atoms with Crippen molar-refractivity contribution < 1.29 is 9.53 Å². The smallest absolute Gasteiger partial charge is 0.349 e. The fourth-order valence-electron chi connectivity index (χ4n) is 2.22. The number of nitrogens with zero attached hydrogens (tertiary/aromatic N) is 1. The van der Waals surface area contributed by atoms with Gasteiger partial charge in [0, 0.05) is 19.6 Å². The molecule has 1 aromatic rings. The van der Waals surface area contributed by atoms with Crippen molar-refractivity contribution in [1.82, 2.24) is 4.90 Å². The number of halogens is 1. The summed E-state index contributed by atoms with van der Waals surface area (Å²) < 4.78 is 4.92. The summed E-state index contributed by atoms with van der Waals surface area (Å²) >= 11 is 6.06. The lowest BCUT2D eigenvalue weighted by Gasteiger charge is -2.14. The van der Waals surface area contributed by atoms with E-state index in [1.807, 2.05) is 59.7 Å². The van der Waals surface area contributed by atoms with E-state index in [2.05, 4.69) is 17.0 Å². The minimum atomic E-state index is -0.402. The van der Waals surface area contributed by atoms with E-state index >= 15 is 0 Å². The highest BCUT2D eigenvalue weighted by Gasteiger charge is 2.22. The highest BCUT2D eigenvalue weighted by molar-refractivity contribution is 6.41. The molecule has 1 aliphatic heterocycles. The van der Waals surface area contributed by atoms with Crippen molar-refractivity contribution in [3.05, 3.63) is 46.5 Å². The zero-order valence-corrected chi connectivity index (χ0v) is 17.8. The van der Waals surface area contributed by atoms with Crippen molar-refractivity contribution in [1.29, 1.82) is 0 Å². The SMILES string of the molecule is CC.CC.CC.CCOC(=O)/C(Cl)=C1/CCN(Cc2ccccc2)C1. The molecule has 1 fully saturated rings. The van der Waals surface area contributed by atoms with Crippen LogP contribution >= 0.6 is 11.6 Å². The Morgan fingerprint density at radius 3 is 2.16 bits per heavy atom. The summed E-state index contributed by atoms with van der Waals surface area (Å²) in [5.74, 6) is -0.402. The Balaban J connectivity index is 0. The molecule has 1 aromatic carbocycles. The number of benzene rings is 1. The Hall–Kier alpha value is -1.32. The molecule has 2 rings (SSSR count). The second kappa shape index (κ2) is 17.5. The van der Waals surface area contributed by atoms with Crippen LogP contribution in [-0.2, 0) is 16.1 Å². The van der Waals surface area contributed by atoms with E-state index in [0.717, 1.165) is 31.6 Å². The first-order valence-corrected chi connectivity index (χ1v) is 9.89. The number of carbonyl (C=O) groups is 1. The van der Waals surface area contributed by atoms with E-state index in [-0.39, 0.29) is 5.03 Å². The first kappa shape index (κ1) is 25.9. The van der Waals surface area contributed by atoms with E-state index in [9.17, 15) is 4.79 Å². The minimum Gasteiger partial charge on any atom is -0.462 e. The molecule has 0 saturated carbocycles. The van der Waals surface area contributed by atoms with Gasteiger partial charge in [0.2, 0.25) is 0 Å². The summed E-state index contributed by atoms with van der Waals surface area (Å²) in [6, 6.07) is 10.3. The van der Waals surface area contributed by atoms with Crippen molar-refractivity contribution in [3.8, 4) is 0 Å². The summed E-state index contributed by atoms with van der Waals surface area (Å²) in [5.41, 5.74) is 2.26. The van der Waals surface area contributed by atoms with E-state index in [0.29, 0.717) is 6.61 Å². The van der Waals surface area contributed by atoms with Crippen LogP contribution in [0.4, 0.5) is 0 Å². The Morgan fingerprint density at radius 1 is 1.08 bits per heavy atom. The lowest BCUT2D eigenvalue weighted by molar-refractivity contribution is -0.137. The van der Waals surface area contributed by atoms with Crippen LogP contribution in [0.25, 0.3) is 0 Å². The third-order valence-electron chi connectivity index (χ3n) is 3.16. The van der Waals surface area contributed by atoms with E-state index in [1.54, 1.807) is 6.92 Å². The van der Waals surface area contributed by atoms with Crippen molar-refractivity contribution in [2.24, 2.45) is 0 Å². The molecule has 0 spiro atoms. The average molecular weight is 370 g/mol. The van der Waals surface area contributed by atoms with Gasteiger partial charge in [0.1, 0.15) is 5.03 Å². The van der Waals surface area contributed by atoms with Gasteiger partial charge in [-0.2, -0.15) is 0 Å². The highest BCUT2D eigenvalue weighted by atomic mass is 35.5. The number of hydrogen-bond donors (Lipinski definition) is 0. The normalized spacial score (nSPS) is 14.7. The minimum absolute atomic E-state index is 0.261. The number of likely N-dealkylation sites (tertiary alicyclic amines) is 1. The average Bonchev–Trinajstić information content (AvgIpc) is 3.15. The van der Waals surface area contributed by atoms with Crippen molar-refractivity contribution in [3.63, 3.8) is 0 Å². The summed E-state index contributed by atoms with van der Waals surface area (Å²) in [6.45, 7) is 16.7. The molecule has 0 atom stereocenters. The molecule has 144 valence electrons. The van der Waals surface area contributed by atoms with Crippen LogP contribution in [-0.4, -0.2) is 30.6 Å². The van der Waals surface area contributed by atoms with Gasteiger partial charge in [-0.1, -0.05) is 83.5 Å². The monoisotopic (exact) mass is 369 g/mol. The molecule has 4 heteroatoms.